The highest BCUT2D eigenvalue weighted by atomic mass is 15.3. The van der Waals surface area contributed by atoms with E-state index < -0.39 is 0 Å². The molecule has 5 heteroatoms. The van der Waals surface area contributed by atoms with Gasteiger partial charge < -0.3 is 0 Å². The Balaban J connectivity index is 0.952. The number of fused-ring (bicyclic) bond motifs is 9. The molecule has 5 nitrogen and oxygen atoms in total. The van der Waals surface area contributed by atoms with Gasteiger partial charge in [0.05, 0.1) is 22.1 Å². The van der Waals surface area contributed by atoms with Crippen molar-refractivity contribution in [3.63, 3.8) is 0 Å². The molecule has 1 aliphatic rings. The number of benzene rings is 9. The first-order valence-electron chi connectivity index (χ1n) is 22.3. The van der Waals surface area contributed by atoms with Gasteiger partial charge in [-0.3, -0.25) is 9.13 Å². The van der Waals surface area contributed by atoms with Crippen molar-refractivity contribution < 1.29 is 0 Å². The van der Waals surface area contributed by atoms with E-state index >= 15 is 0 Å². The van der Waals surface area contributed by atoms with Gasteiger partial charge in [-0.2, -0.15) is 15.0 Å². The number of hydrogen-bond donors (Lipinski definition) is 0. The summed E-state index contributed by atoms with van der Waals surface area (Å²) in [7, 11) is 0. The van der Waals surface area contributed by atoms with Gasteiger partial charge in [-0.25, -0.2) is 0 Å². The molecule has 65 heavy (non-hydrogen) atoms. The number of hydrogen-bond acceptors (Lipinski definition) is 3. The Morgan fingerprint density at radius 3 is 1.40 bits per heavy atom. The maximum atomic E-state index is 5.39. The second kappa shape index (κ2) is 14.3. The van der Waals surface area contributed by atoms with Gasteiger partial charge in [0, 0.05) is 32.5 Å². The average Bonchev–Trinajstić information content (AvgIpc) is 3.97. The molecule has 0 unspecified atom stereocenters. The maximum Gasteiger partial charge on any atom is 0.240 e. The summed E-state index contributed by atoms with van der Waals surface area (Å²) in [6.45, 7) is 4.67. The molecule has 0 spiro atoms. The van der Waals surface area contributed by atoms with Crippen LogP contribution in [0.3, 0.4) is 0 Å². The van der Waals surface area contributed by atoms with Crippen molar-refractivity contribution in [2.24, 2.45) is 0 Å². The molecular formula is C60H41N5. The second-order valence-electron chi connectivity index (χ2n) is 17.6. The van der Waals surface area contributed by atoms with Gasteiger partial charge in [-0.15, -0.1) is 0 Å². The molecule has 0 atom stereocenters. The molecule has 0 amide bonds. The van der Waals surface area contributed by atoms with Crippen molar-refractivity contribution >= 4 is 43.6 Å². The van der Waals surface area contributed by atoms with Crippen molar-refractivity contribution in [2.45, 2.75) is 19.3 Å². The van der Waals surface area contributed by atoms with E-state index in [0.717, 1.165) is 71.4 Å². The Labute approximate surface area is 376 Å². The van der Waals surface area contributed by atoms with E-state index in [0.29, 0.717) is 17.7 Å². The Bertz CT molecular complexity index is 3780. The molecule has 1 aliphatic carbocycles. The minimum Gasteiger partial charge on any atom is -0.278 e. The summed E-state index contributed by atoms with van der Waals surface area (Å²) < 4.78 is 4.39. The standard InChI is InChI=1S/C60H41N5/c1-60(2)50-22-10-6-20-49(50)56-44(21-14-23-51(56)60)41-31-27-39(28-32-41)40-29-33-42(34-30-40)57-61-58(64-52-24-11-7-17-45(52)46-18-8-12-25-53(46)64)63-59(62-57)65-54-26-13-9-19-47(54)48-36-35-43(37-55(48)65)38-15-4-3-5-16-38/h3-37H,1-2H3. The van der Waals surface area contributed by atoms with E-state index in [1.165, 1.54) is 33.4 Å². The summed E-state index contributed by atoms with van der Waals surface area (Å²) >= 11 is 0. The van der Waals surface area contributed by atoms with E-state index in [1.54, 1.807) is 0 Å². The zero-order valence-corrected chi connectivity index (χ0v) is 35.9. The number of nitrogens with zero attached hydrogens (tertiary/aromatic N) is 5. The first kappa shape index (κ1) is 37.2. The van der Waals surface area contributed by atoms with Crippen LogP contribution in [0.25, 0.3) is 111 Å². The normalized spacial score (nSPS) is 12.9. The monoisotopic (exact) mass is 831 g/mol. The molecular weight excluding hydrogens is 791 g/mol. The minimum absolute atomic E-state index is 0.0392. The molecule has 3 heterocycles. The molecule has 0 bridgehead atoms. The Morgan fingerprint density at radius 1 is 0.323 bits per heavy atom. The molecule has 0 fully saturated rings. The van der Waals surface area contributed by atoms with Crippen molar-refractivity contribution in [3.8, 4) is 67.8 Å². The van der Waals surface area contributed by atoms with Crippen LogP contribution in [0.4, 0.5) is 0 Å². The lowest BCUT2D eigenvalue weighted by Crippen LogP contribution is -2.14. The lowest BCUT2D eigenvalue weighted by molar-refractivity contribution is 0.660. The summed E-state index contributed by atoms with van der Waals surface area (Å²) in [4.78, 5) is 16.1. The van der Waals surface area contributed by atoms with E-state index in [-0.39, 0.29) is 5.41 Å². The first-order valence-corrected chi connectivity index (χ1v) is 22.3. The molecule has 0 saturated heterocycles. The quantitative estimate of drug-likeness (QED) is 0.168. The van der Waals surface area contributed by atoms with Gasteiger partial charge in [-0.05, 0) is 79.9 Å². The molecule has 306 valence electrons. The molecule has 3 aromatic heterocycles. The van der Waals surface area contributed by atoms with E-state index in [4.69, 9.17) is 15.0 Å². The van der Waals surface area contributed by atoms with Crippen LogP contribution in [-0.4, -0.2) is 24.1 Å². The number of aromatic nitrogens is 5. The smallest absolute Gasteiger partial charge is 0.240 e. The van der Waals surface area contributed by atoms with Crippen molar-refractivity contribution in [2.75, 3.05) is 0 Å². The third-order valence-electron chi connectivity index (χ3n) is 13.7. The van der Waals surface area contributed by atoms with Gasteiger partial charge >= 0.3 is 0 Å². The fourth-order valence-corrected chi connectivity index (χ4v) is 10.5. The zero-order chi connectivity index (χ0) is 43.2. The molecule has 13 rings (SSSR count). The van der Waals surface area contributed by atoms with Crippen LogP contribution in [0.1, 0.15) is 25.0 Å². The molecule has 12 aromatic rings. The first-order chi connectivity index (χ1) is 32.0. The Morgan fingerprint density at radius 2 is 0.769 bits per heavy atom. The predicted octanol–water partition coefficient (Wildman–Crippen LogP) is 15.0. The Hall–Kier alpha value is -8.41. The highest BCUT2D eigenvalue weighted by Gasteiger charge is 2.36. The number of para-hydroxylation sites is 3. The lowest BCUT2D eigenvalue weighted by Gasteiger charge is -2.21. The molecule has 0 aliphatic heterocycles. The van der Waals surface area contributed by atoms with Crippen LogP contribution in [0, 0.1) is 0 Å². The van der Waals surface area contributed by atoms with Gasteiger partial charge in [0.25, 0.3) is 0 Å². The molecule has 0 saturated carbocycles. The van der Waals surface area contributed by atoms with Crippen LogP contribution in [0.15, 0.2) is 212 Å². The van der Waals surface area contributed by atoms with Crippen LogP contribution >= 0.6 is 0 Å². The van der Waals surface area contributed by atoms with E-state index in [1.807, 2.05) is 0 Å². The van der Waals surface area contributed by atoms with Crippen LogP contribution in [-0.2, 0) is 5.41 Å². The van der Waals surface area contributed by atoms with Gasteiger partial charge in [-0.1, -0.05) is 202 Å². The summed E-state index contributed by atoms with van der Waals surface area (Å²) in [6, 6.07) is 76.0. The number of rotatable bonds is 6. The lowest BCUT2D eigenvalue weighted by atomic mass is 9.82. The Kier molecular flexibility index (Phi) is 8.18. The summed E-state index contributed by atoms with van der Waals surface area (Å²) in [5.41, 5.74) is 17.5. The minimum atomic E-state index is -0.0392. The summed E-state index contributed by atoms with van der Waals surface area (Å²) in [5.74, 6) is 1.71. The SMILES string of the molecule is CC1(C)c2ccccc2-c2c(-c3ccc(-c4ccc(-c5nc(-n6c7ccccc7c7ccccc76)nc(-n6c7ccccc7c7ccc(-c8ccccc8)cc76)n5)cc4)cc3)cccc21. The fraction of sp³-hybridized carbons (Fsp3) is 0.0500. The molecule has 9 aromatic carbocycles. The van der Waals surface area contributed by atoms with Crippen LogP contribution < -0.4 is 0 Å². The zero-order valence-electron chi connectivity index (χ0n) is 35.9. The van der Waals surface area contributed by atoms with Crippen LogP contribution in [0.5, 0.6) is 0 Å². The topological polar surface area (TPSA) is 48.5 Å². The average molecular weight is 832 g/mol. The van der Waals surface area contributed by atoms with Crippen molar-refractivity contribution in [1.82, 2.24) is 24.1 Å². The maximum absolute atomic E-state index is 5.39. The van der Waals surface area contributed by atoms with Crippen molar-refractivity contribution in [3.05, 3.63) is 223 Å². The van der Waals surface area contributed by atoms with Gasteiger partial charge in [0.2, 0.25) is 11.9 Å². The predicted molar refractivity (Wildman–Crippen MR) is 268 cm³/mol. The van der Waals surface area contributed by atoms with E-state index in [2.05, 4.69) is 235 Å². The summed E-state index contributed by atoms with van der Waals surface area (Å²) in [6.07, 6.45) is 0. The fourth-order valence-electron chi connectivity index (χ4n) is 10.5. The largest absolute Gasteiger partial charge is 0.278 e. The van der Waals surface area contributed by atoms with E-state index in [9.17, 15) is 0 Å². The highest BCUT2D eigenvalue weighted by molar-refractivity contribution is 6.11. The van der Waals surface area contributed by atoms with Crippen LogP contribution in [0.2, 0.25) is 0 Å². The van der Waals surface area contributed by atoms with Gasteiger partial charge in [0.15, 0.2) is 5.82 Å². The third kappa shape index (κ3) is 5.75. The second-order valence-corrected chi connectivity index (χ2v) is 17.6. The molecule has 0 N–H and O–H groups in total. The third-order valence-corrected chi connectivity index (χ3v) is 13.7. The highest BCUT2D eigenvalue weighted by Crippen LogP contribution is 2.52. The van der Waals surface area contributed by atoms with Crippen molar-refractivity contribution in [1.29, 1.82) is 0 Å². The summed E-state index contributed by atoms with van der Waals surface area (Å²) in [5, 5.41) is 4.58. The van der Waals surface area contributed by atoms with Gasteiger partial charge in [0.1, 0.15) is 0 Å². The molecule has 0 radical (unpaired) electrons.